The van der Waals surface area contributed by atoms with Crippen LogP contribution in [0, 0.1) is 0 Å². The standard InChI is InChI=1S/C17H15Cl3N2O3/c1-10(24-14-4-2-3-12(18)8-14)17(23)25-22-16(21)7-11-5-6-13(19)9-15(11)20/h2-6,8-10H,7H2,1H3,(H2,21,22). The first-order valence-corrected chi connectivity index (χ1v) is 8.38. The van der Waals surface area contributed by atoms with Crippen molar-refractivity contribution in [3.8, 4) is 5.75 Å². The topological polar surface area (TPSA) is 73.9 Å². The van der Waals surface area contributed by atoms with Gasteiger partial charge in [-0.1, -0.05) is 52.1 Å². The normalized spacial score (nSPS) is 12.6. The third kappa shape index (κ3) is 6.12. The van der Waals surface area contributed by atoms with E-state index in [9.17, 15) is 4.79 Å². The van der Waals surface area contributed by atoms with Crippen molar-refractivity contribution >= 4 is 46.6 Å². The number of carbonyl (C=O) groups is 1. The Morgan fingerprint density at radius 3 is 2.56 bits per heavy atom. The minimum Gasteiger partial charge on any atom is -0.479 e. The van der Waals surface area contributed by atoms with E-state index in [1.54, 1.807) is 42.5 Å². The van der Waals surface area contributed by atoms with Crippen molar-refractivity contribution < 1.29 is 14.4 Å². The van der Waals surface area contributed by atoms with Crippen LogP contribution in [0.5, 0.6) is 5.75 Å². The van der Waals surface area contributed by atoms with Gasteiger partial charge in [0.1, 0.15) is 11.6 Å². The maximum absolute atomic E-state index is 11.9. The summed E-state index contributed by atoms with van der Waals surface area (Å²) >= 11 is 17.7. The number of oxime groups is 1. The minimum atomic E-state index is -0.880. The first kappa shape index (κ1) is 19.4. The fraction of sp³-hybridized carbons (Fsp3) is 0.176. The predicted molar refractivity (Wildman–Crippen MR) is 99.4 cm³/mol. The third-order valence-corrected chi connectivity index (χ3v) is 3.90. The number of ether oxygens (including phenoxy) is 1. The van der Waals surface area contributed by atoms with Crippen LogP contribution in [-0.4, -0.2) is 17.9 Å². The van der Waals surface area contributed by atoms with E-state index in [-0.39, 0.29) is 12.3 Å². The van der Waals surface area contributed by atoms with Crippen LogP contribution in [-0.2, 0) is 16.1 Å². The Kier molecular flexibility index (Phi) is 6.93. The van der Waals surface area contributed by atoms with Gasteiger partial charge >= 0.3 is 5.97 Å². The lowest BCUT2D eigenvalue weighted by atomic mass is 10.1. The van der Waals surface area contributed by atoms with Crippen molar-refractivity contribution in [2.75, 3.05) is 0 Å². The number of hydrogen-bond acceptors (Lipinski definition) is 4. The second kappa shape index (κ2) is 8.94. The number of amidine groups is 1. The summed E-state index contributed by atoms with van der Waals surface area (Å²) in [4.78, 5) is 16.7. The van der Waals surface area contributed by atoms with Crippen molar-refractivity contribution in [1.29, 1.82) is 0 Å². The Hall–Kier alpha value is -1.95. The van der Waals surface area contributed by atoms with Crippen LogP contribution >= 0.6 is 34.8 Å². The maximum Gasteiger partial charge on any atom is 0.374 e. The molecule has 0 aliphatic heterocycles. The quantitative estimate of drug-likeness (QED) is 0.335. The molecule has 2 N–H and O–H groups in total. The molecular weight excluding hydrogens is 387 g/mol. The van der Waals surface area contributed by atoms with Crippen LogP contribution < -0.4 is 10.5 Å². The van der Waals surface area contributed by atoms with Crippen molar-refractivity contribution in [2.45, 2.75) is 19.4 Å². The average molecular weight is 402 g/mol. The van der Waals surface area contributed by atoms with E-state index in [2.05, 4.69) is 5.16 Å². The number of hydrogen-bond donors (Lipinski definition) is 1. The number of carbonyl (C=O) groups excluding carboxylic acids is 1. The highest BCUT2D eigenvalue weighted by Crippen LogP contribution is 2.21. The molecule has 1 unspecified atom stereocenters. The van der Waals surface area contributed by atoms with Crippen LogP contribution in [0.3, 0.4) is 0 Å². The Bertz CT molecular complexity index is 796. The maximum atomic E-state index is 11.9. The smallest absolute Gasteiger partial charge is 0.374 e. The van der Waals surface area contributed by atoms with E-state index < -0.39 is 12.1 Å². The summed E-state index contributed by atoms with van der Waals surface area (Å²) in [5.74, 6) is -0.153. The van der Waals surface area contributed by atoms with Gasteiger partial charge in [-0.25, -0.2) is 4.79 Å². The second-order valence-electron chi connectivity index (χ2n) is 5.12. The zero-order chi connectivity index (χ0) is 18.4. The molecule has 1 atom stereocenters. The molecule has 25 heavy (non-hydrogen) atoms. The Morgan fingerprint density at radius 1 is 1.16 bits per heavy atom. The van der Waals surface area contributed by atoms with Crippen LogP contribution in [0.15, 0.2) is 47.6 Å². The third-order valence-electron chi connectivity index (χ3n) is 3.08. The lowest BCUT2D eigenvalue weighted by Crippen LogP contribution is -2.26. The van der Waals surface area contributed by atoms with Crippen molar-refractivity contribution in [2.24, 2.45) is 10.9 Å². The van der Waals surface area contributed by atoms with E-state index in [1.807, 2.05) is 0 Å². The lowest BCUT2D eigenvalue weighted by Gasteiger charge is -2.12. The Morgan fingerprint density at radius 2 is 1.88 bits per heavy atom. The molecule has 0 radical (unpaired) electrons. The molecule has 132 valence electrons. The monoisotopic (exact) mass is 400 g/mol. The van der Waals surface area contributed by atoms with Gasteiger partial charge in [0.15, 0.2) is 6.10 Å². The molecule has 2 rings (SSSR count). The van der Waals surface area contributed by atoms with E-state index in [4.69, 9.17) is 50.1 Å². The Balaban J connectivity index is 1.91. The van der Waals surface area contributed by atoms with Crippen LogP contribution in [0.1, 0.15) is 12.5 Å². The van der Waals surface area contributed by atoms with Gasteiger partial charge in [0, 0.05) is 21.5 Å². The van der Waals surface area contributed by atoms with Gasteiger partial charge in [0.05, 0.1) is 0 Å². The highest BCUT2D eigenvalue weighted by atomic mass is 35.5. The van der Waals surface area contributed by atoms with Crippen LogP contribution in [0.2, 0.25) is 15.1 Å². The van der Waals surface area contributed by atoms with Crippen molar-refractivity contribution in [3.05, 3.63) is 63.1 Å². The van der Waals surface area contributed by atoms with Gasteiger partial charge in [-0.05, 0) is 42.8 Å². The van der Waals surface area contributed by atoms with Gasteiger partial charge in [0.2, 0.25) is 0 Å². The zero-order valence-corrected chi connectivity index (χ0v) is 15.5. The molecule has 2 aromatic carbocycles. The van der Waals surface area contributed by atoms with Gasteiger partial charge in [-0.2, -0.15) is 0 Å². The largest absolute Gasteiger partial charge is 0.479 e. The van der Waals surface area contributed by atoms with Gasteiger partial charge in [-0.3, -0.25) is 0 Å². The number of nitrogens with zero attached hydrogens (tertiary/aromatic N) is 1. The minimum absolute atomic E-state index is 0.0903. The molecule has 0 aliphatic carbocycles. The average Bonchev–Trinajstić information content (AvgIpc) is 2.55. The van der Waals surface area contributed by atoms with Gasteiger partial charge in [0.25, 0.3) is 0 Å². The molecule has 0 amide bonds. The molecule has 2 aromatic rings. The van der Waals surface area contributed by atoms with Crippen molar-refractivity contribution in [1.82, 2.24) is 0 Å². The summed E-state index contributed by atoms with van der Waals surface area (Å²) in [6.07, 6.45) is -0.665. The first-order chi connectivity index (χ1) is 11.8. The molecule has 0 aliphatic rings. The molecule has 8 heteroatoms. The molecule has 0 aromatic heterocycles. The number of benzene rings is 2. The van der Waals surface area contributed by atoms with E-state index in [0.717, 1.165) is 0 Å². The fourth-order valence-corrected chi connectivity index (χ4v) is 2.52. The molecule has 0 spiro atoms. The highest BCUT2D eigenvalue weighted by molar-refractivity contribution is 6.35. The molecule has 0 heterocycles. The summed E-state index contributed by atoms with van der Waals surface area (Å²) in [6, 6.07) is 11.7. The molecule has 0 bridgehead atoms. The summed E-state index contributed by atoms with van der Waals surface area (Å²) in [7, 11) is 0. The second-order valence-corrected chi connectivity index (χ2v) is 6.40. The van der Waals surface area contributed by atoms with Gasteiger partial charge in [-0.15, -0.1) is 0 Å². The number of rotatable bonds is 6. The first-order valence-electron chi connectivity index (χ1n) is 7.24. The van der Waals surface area contributed by atoms with E-state index >= 15 is 0 Å². The SMILES string of the molecule is CC(Oc1cccc(Cl)c1)C(=O)ON=C(N)Cc1ccc(Cl)cc1Cl. The van der Waals surface area contributed by atoms with E-state index in [0.29, 0.717) is 26.4 Å². The van der Waals surface area contributed by atoms with E-state index in [1.165, 1.54) is 6.92 Å². The summed E-state index contributed by atoms with van der Waals surface area (Å²) in [6.45, 7) is 1.53. The van der Waals surface area contributed by atoms with Crippen LogP contribution in [0.4, 0.5) is 0 Å². The fourth-order valence-electron chi connectivity index (χ4n) is 1.86. The Labute approximate surface area is 160 Å². The summed E-state index contributed by atoms with van der Waals surface area (Å²) in [5, 5.41) is 5.08. The number of nitrogens with two attached hydrogens (primary N) is 1. The zero-order valence-electron chi connectivity index (χ0n) is 13.2. The molecule has 5 nitrogen and oxygen atoms in total. The molecule has 0 saturated heterocycles. The highest BCUT2D eigenvalue weighted by Gasteiger charge is 2.17. The molecular formula is C17H15Cl3N2O3. The predicted octanol–water partition coefficient (Wildman–Crippen LogP) is 4.47. The van der Waals surface area contributed by atoms with Gasteiger partial charge < -0.3 is 15.3 Å². The van der Waals surface area contributed by atoms with Crippen LogP contribution in [0.25, 0.3) is 0 Å². The van der Waals surface area contributed by atoms with Crippen molar-refractivity contribution in [3.63, 3.8) is 0 Å². The number of halogens is 3. The molecule has 0 fully saturated rings. The lowest BCUT2D eigenvalue weighted by molar-refractivity contribution is -0.151. The summed E-state index contributed by atoms with van der Waals surface area (Å²) < 4.78 is 5.43. The summed E-state index contributed by atoms with van der Waals surface area (Å²) in [5.41, 5.74) is 6.47. The molecule has 0 saturated carbocycles.